The van der Waals surface area contributed by atoms with Crippen LogP contribution in [0.4, 0.5) is 4.39 Å². The van der Waals surface area contributed by atoms with Crippen LogP contribution in [0.15, 0.2) is 24.3 Å². The number of nitrogens with zero attached hydrogens (tertiary/aromatic N) is 1. The minimum absolute atomic E-state index is 0.0329. The first-order chi connectivity index (χ1) is 10.8. The molecule has 1 saturated heterocycles. The number of carbonyl (C=O) groups is 2. The highest BCUT2D eigenvalue weighted by molar-refractivity contribution is 5.84. The molecule has 1 aromatic rings. The maximum atomic E-state index is 13.6. The summed E-state index contributed by atoms with van der Waals surface area (Å²) in [5, 5.41) is 2.92. The van der Waals surface area contributed by atoms with Gasteiger partial charge in [-0.25, -0.2) is 4.39 Å². The van der Waals surface area contributed by atoms with E-state index in [1.165, 1.54) is 12.1 Å². The number of carbonyl (C=O) groups excluding carboxylic acids is 2. The van der Waals surface area contributed by atoms with Crippen molar-refractivity contribution in [1.29, 1.82) is 0 Å². The van der Waals surface area contributed by atoms with E-state index in [2.05, 4.69) is 5.32 Å². The highest BCUT2D eigenvalue weighted by atomic mass is 19.1. The number of nitrogens with one attached hydrogen (secondary N) is 1. The van der Waals surface area contributed by atoms with Gasteiger partial charge in [0.25, 0.3) is 0 Å². The fourth-order valence-corrected chi connectivity index (χ4v) is 3.08. The molecule has 1 aromatic carbocycles. The van der Waals surface area contributed by atoms with Gasteiger partial charge in [0.2, 0.25) is 11.8 Å². The lowest BCUT2D eigenvalue weighted by molar-refractivity contribution is -0.133. The molecule has 23 heavy (non-hydrogen) atoms. The molecule has 2 atom stereocenters. The van der Waals surface area contributed by atoms with Crippen molar-refractivity contribution >= 4 is 11.8 Å². The zero-order chi connectivity index (χ0) is 17.1. The van der Waals surface area contributed by atoms with Crippen LogP contribution in [0.25, 0.3) is 0 Å². The molecule has 1 N–H and O–H groups in total. The fraction of sp³-hybridized carbons (Fsp3) is 0.556. The van der Waals surface area contributed by atoms with Crippen LogP contribution in [0.1, 0.15) is 39.2 Å². The molecule has 0 bridgehead atoms. The first-order valence-corrected chi connectivity index (χ1v) is 8.14. The third-order valence-electron chi connectivity index (χ3n) is 4.17. The van der Waals surface area contributed by atoms with Gasteiger partial charge >= 0.3 is 0 Å². The van der Waals surface area contributed by atoms with Crippen molar-refractivity contribution in [3.8, 4) is 0 Å². The van der Waals surface area contributed by atoms with Gasteiger partial charge in [-0.05, 0) is 31.5 Å². The Hall–Kier alpha value is -1.91. The molecule has 0 radical (unpaired) electrons. The van der Waals surface area contributed by atoms with Crippen LogP contribution in [0.3, 0.4) is 0 Å². The molecule has 0 saturated carbocycles. The quantitative estimate of drug-likeness (QED) is 0.927. The van der Waals surface area contributed by atoms with Crippen molar-refractivity contribution in [1.82, 2.24) is 10.2 Å². The van der Waals surface area contributed by atoms with E-state index in [4.69, 9.17) is 0 Å². The van der Waals surface area contributed by atoms with Crippen molar-refractivity contribution in [3.05, 3.63) is 35.6 Å². The molecular formula is C18H25FN2O2. The lowest BCUT2D eigenvalue weighted by Gasteiger charge is -2.19. The average Bonchev–Trinajstić information content (AvgIpc) is 2.90. The lowest BCUT2D eigenvalue weighted by atomic mass is 9.88. The maximum Gasteiger partial charge on any atom is 0.225 e. The van der Waals surface area contributed by atoms with E-state index in [1.807, 2.05) is 33.8 Å². The van der Waals surface area contributed by atoms with E-state index in [-0.39, 0.29) is 41.4 Å². The molecule has 2 rings (SSSR count). The molecule has 1 heterocycles. The van der Waals surface area contributed by atoms with E-state index < -0.39 is 0 Å². The van der Waals surface area contributed by atoms with Gasteiger partial charge in [0.05, 0.1) is 5.92 Å². The molecule has 1 fully saturated rings. The normalized spacial score (nSPS) is 21.1. The third kappa shape index (κ3) is 4.09. The van der Waals surface area contributed by atoms with Crippen LogP contribution in [0.5, 0.6) is 0 Å². The second kappa shape index (κ2) is 7.11. The topological polar surface area (TPSA) is 49.4 Å². The third-order valence-corrected chi connectivity index (χ3v) is 4.17. The first-order valence-electron chi connectivity index (χ1n) is 8.14. The molecule has 2 amide bonds. The van der Waals surface area contributed by atoms with Crippen LogP contribution in [0, 0.1) is 17.7 Å². The van der Waals surface area contributed by atoms with Crippen LogP contribution in [0.2, 0.25) is 0 Å². The minimum Gasteiger partial charge on any atom is -0.354 e. The van der Waals surface area contributed by atoms with Gasteiger partial charge < -0.3 is 10.2 Å². The lowest BCUT2D eigenvalue weighted by Crippen LogP contribution is -2.39. The molecule has 0 spiro atoms. The highest BCUT2D eigenvalue weighted by Gasteiger charge is 2.40. The minimum atomic E-state index is -0.345. The summed E-state index contributed by atoms with van der Waals surface area (Å²) in [7, 11) is 0. The SMILES string of the molecule is CC(C)NC(=O)[C@H]1CN(C(=O)C(C)C)C[C@@H]1c1cccc(F)c1. The van der Waals surface area contributed by atoms with Gasteiger partial charge in [-0.1, -0.05) is 26.0 Å². The summed E-state index contributed by atoms with van der Waals surface area (Å²) in [6.07, 6.45) is 0. The molecule has 0 aromatic heterocycles. The van der Waals surface area contributed by atoms with Crippen molar-refractivity contribution in [2.24, 2.45) is 11.8 Å². The molecule has 4 nitrogen and oxygen atoms in total. The second-order valence-corrected chi connectivity index (χ2v) is 6.83. The van der Waals surface area contributed by atoms with Crippen LogP contribution in [-0.2, 0) is 9.59 Å². The monoisotopic (exact) mass is 320 g/mol. The number of hydrogen-bond acceptors (Lipinski definition) is 2. The molecule has 0 aliphatic carbocycles. The Kier molecular flexibility index (Phi) is 5.39. The number of benzene rings is 1. The smallest absolute Gasteiger partial charge is 0.225 e. The molecule has 1 aliphatic rings. The Labute approximate surface area is 137 Å². The molecule has 0 unspecified atom stereocenters. The van der Waals surface area contributed by atoms with E-state index >= 15 is 0 Å². The zero-order valence-electron chi connectivity index (χ0n) is 14.2. The van der Waals surface area contributed by atoms with Crippen LogP contribution >= 0.6 is 0 Å². The summed E-state index contributed by atoms with van der Waals surface area (Å²) in [5.74, 6) is -0.997. The Morgan fingerprint density at radius 2 is 1.91 bits per heavy atom. The summed E-state index contributed by atoms with van der Waals surface area (Å²) in [6, 6.07) is 6.36. The summed E-state index contributed by atoms with van der Waals surface area (Å²) < 4.78 is 13.6. The molecular weight excluding hydrogens is 295 g/mol. The van der Waals surface area contributed by atoms with Crippen molar-refractivity contribution in [2.45, 2.75) is 39.7 Å². The highest BCUT2D eigenvalue weighted by Crippen LogP contribution is 2.34. The predicted molar refractivity (Wildman–Crippen MR) is 87.3 cm³/mol. The number of rotatable bonds is 4. The van der Waals surface area contributed by atoms with Crippen molar-refractivity contribution in [3.63, 3.8) is 0 Å². The predicted octanol–water partition coefficient (Wildman–Crippen LogP) is 2.55. The van der Waals surface area contributed by atoms with Gasteiger partial charge in [0.15, 0.2) is 0 Å². The number of likely N-dealkylation sites (tertiary alicyclic amines) is 1. The number of halogens is 1. The van der Waals surface area contributed by atoms with Gasteiger partial charge in [-0.3, -0.25) is 9.59 Å². The number of hydrogen-bond donors (Lipinski definition) is 1. The van der Waals surface area contributed by atoms with E-state index in [9.17, 15) is 14.0 Å². The molecule has 126 valence electrons. The Morgan fingerprint density at radius 1 is 1.22 bits per heavy atom. The van der Waals surface area contributed by atoms with Gasteiger partial charge in [-0.15, -0.1) is 0 Å². The molecule has 1 aliphatic heterocycles. The Balaban J connectivity index is 2.27. The number of amides is 2. The van der Waals surface area contributed by atoms with Crippen molar-refractivity contribution in [2.75, 3.05) is 13.1 Å². The first kappa shape index (κ1) is 17.4. The molecule has 5 heteroatoms. The Bertz CT molecular complexity index is 586. The van der Waals surface area contributed by atoms with Crippen LogP contribution in [-0.4, -0.2) is 35.8 Å². The van der Waals surface area contributed by atoms with Gasteiger partial charge in [-0.2, -0.15) is 0 Å². The standard InChI is InChI=1S/C18H25FN2O2/c1-11(2)18(23)21-9-15(13-6-5-7-14(19)8-13)16(10-21)17(22)20-12(3)4/h5-8,11-12,15-16H,9-10H2,1-4H3,(H,20,22)/t15-,16+/m1/s1. The summed E-state index contributed by atoms with van der Waals surface area (Å²) >= 11 is 0. The van der Waals surface area contributed by atoms with Gasteiger partial charge in [0.1, 0.15) is 5.82 Å². The van der Waals surface area contributed by atoms with E-state index in [0.717, 1.165) is 5.56 Å². The average molecular weight is 320 g/mol. The van der Waals surface area contributed by atoms with E-state index in [0.29, 0.717) is 13.1 Å². The zero-order valence-corrected chi connectivity index (χ0v) is 14.2. The van der Waals surface area contributed by atoms with E-state index in [1.54, 1.807) is 11.0 Å². The largest absolute Gasteiger partial charge is 0.354 e. The second-order valence-electron chi connectivity index (χ2n) is 6.83. The summed E-state index contributed by atoms with van der Waals surface area (Å²) in [4.78, 5) is 26.5. The Morgan fingerprint density at radius 3 is 2.48 bits per heavy atom. The maximum absolute atomic E-state index is 13.6. The fourth-order valence-electron chi connectivity index (χ4n) is 3.08. The van der Waals surface area contributed by atoms with Crippen LogP contribution < -0.4 is 5.32 Å². The van der Waals surface area contributed by atoms with Gasteiger partial charge in [0, 0.05) is 31.0 Å². The van der Waals surface area contributed by atoms with Crippen molar-refractivity contribution < 1.29 is 14.0 Å². The summed E-state index contributed by atoms with van der Waals surface area (Å²) in [5.41, 5.74) is 0.771. The summed E-state index contributed by atoms with van der Waals surface area (Å²) in [6.45, 7) is 8.34.